The van der Waals surface area contributed by atoms with Gasteiger partial charge in [-0.3, -0.25) is 0 Å². The van der Waals surface area contributed by atoms with E-state index in [0.717, 1.165) is 16.7 Å². The van der Waals surface area contributed by atoms with Crippen molar-refractivity contribution in [3.63, 3.8) is 0 Å². The lowest BCUT2D eigenvalue weighted by molar-refractivity contribution is -0.142. The Morgan fingerprint density at radius 3 is 2.42 bits per heavy atom. The summed E-state index contributed by atoms with van der Waals surface area (Å²) in [7, 11) is 0. The highest BCUT2D eigenvalue weighted by molar-refractivity contribution is 7.99. The number of esters is 1. The minimum atomic E-state index is -4.81. The number of hydrogen-bond donors (Lipinski definition) is 0. The van der Waals surface area contributed by atoms with Crippen LogP contribution in [0.3, 0.4) is 0 Å². The second-order valence-electron chi connectivity index (χ2n) is 5.41. The molecule has 7 heteroatoms. The fourth-order valence-corrected chi connectivity index (χ4v) is 3.84. The van der Waals surface area contributed by atoms with Gasteiger partial charge in [-0.25, -0.2) is 4.79 Å². The standard InChI is InChI=1S/C19H15F3O3S/c1-2-24-18(23)15-16(26-12-8-4-3-5-9-12)13-10-6-7-11-14(13)25-17(15)19(20,21)22/h3-11,16H,2H2,1H3. The fourth-order valence-electron chi connectivity index (χ4n) is 2.61. The number of benzene rings is 2. The Balaban J connectivity index is 2.16. The molecule has 0 aromatic heterocycles. The molecule has 3 nitrogen and oxygen atoms in total. The first-order valence-electron chi connectivity index (χ1n) is 7.88. The number of halogens is 3. The molecule has 2 aromatic rings. The van der Waals surface area contributed by atoms with Gasteiger partial charge in [0, 0.05) is 10.5 Å². The van der Waals surface area contributed by atoms with Gasteiger partial charge in [0.25, 0.3) is 0 Å². The summed E-state index contributed by atoms with van der Waals surface area (Å²) in [5.41, 5.74) is -0.0238. The normalized spacial score (nSPS) is 16.7. The summed E-state index contributed by atoms with van der Waals surface area (Å²) in [6.07, 6.45) is -4.81. The molecule has 1 atom stereocenters. The molecule has 0 saturated carbocycles. The van der Waals surface area contributed by atoms with Crippen LogP contribution in [0.5, 0.6) is 5.75 Å². The fraction of sp³-hybridized carbons (Fsp3) is 0.211. The Bertz CT molecular complexity index is 831. The molecular formula is C19H15F3O3S. The van der Waals surface area contributed by atoms with Crippen LogP contribution in [0.4, 0.5) is 13.2 Å². The molecular weight excluding hydrogens is 365 g/mol. The molecule has 0 saturated heterocycles. The first-order valence-corrected chi connectivity index (χ1v) is 8.76. The van der Waals surface area contributed by atoms with Crippen molar-refractivity contribution in [2.45, 2.75) is 23.2 Å². The molecule has 1 aliphatic rings. The molecule has 1 aliphatic heterocycles. The van der Waals surface area contributed by atoms with Gasteiger partial charge >= 0.3 is 12.1 Å². The van der Waals surface area contributed by atoms with Crippen LogP contribution in [0.25, 0.3) is 0 Å². The maximum Gasteiger partial charge on any atom is 0.450 e. The zero-order chi connectivity index (χ0) is 18.7. The van der Waals surface area contributed by atoms with Crippen LogP contribution in [0.2, 0.25) is 0 Å². The molecule has 0 fully saturated rings. The van der Waals surface area contributed by atoms with E-state index in [4.69, 9.17) is 9.47 Å². The molecule has 0 amide bonds. The van der Waals surface area contributed by atoms with Crippen molar-refractivity contribution in [1.82, 2.24) is 0 Å². The molecule has 1 unspecified atom stereocenters. The smallest absolute Gasteiger partial charge is 0.450 e. The van der Waals surface area contributed by atoms with Gasteiger partial charge in [0.05, 0.1) is 11.9 Å². The first-order chi connectivity index (χ1) is 12.4. The number of carbonyl (C=O) groups excluding carboxylic acids is 1. The van der Waals surface area contributed by atoms with Gasteiger partial charge in [0.1, 0.15) is 11.3 Å². The zero-order valence-corrected chi connectivity index (χ0v) is 14.6. The highest BCUT2D eigenvalue weighted by Gasteiger charge is 2.47. The van der Waals surface area contributed by atoms with Crippen molar-refractivity contribution in [2.75, 3.05) is 6.61 Å². The van der Waals surface area contributed by atoms with Crippen LogP contribution >= 0.6 is 11.8 Å². The Morgan fingerprint density at radius 1 is 1.12 bits per heavy atom. The van der Waals surface area contributed by atoms with Crippen molar-refractivity contribution in [2.24, 2.45) is 0 Å². The van der Waals surface area contributed by atoms with Gasteiger partial charge in [-0.05, 0) is 25.1 Å². The third-order valence-corrected chi connectivity index (χ3v) is 4.94. The molecule has 2 aromatic carbocycles. The molecule has 1 heterocycles. The number of hydrogen-bond acceptors (Lipinski definition) is 4. The minimum absolute atomic E-state index is 0.0299. The lowest BCUT2D eigenvalue weighted by Gasteiger charge is -2.30. The summed E-state index contributed by atoms with van der Waals surface area (Å²) >= 11 is 1.15. The predicted molar refractivity (Wildman–Crippen MR) is 91.8 cm³/mol. The van der Waals surface area contributed by atoms with E-state index < -0.39 is 28.7 Å². The Kier molecular flexibility index (Phi) is 5.27. The Morgan fingerprint density at radius 2 is 1.77 bits per heavy atom. The zero-order valence-electron chi connectivity index (χ0n) is 13.7. The number of allylic oxidation sites excluding steroid dienone is 1. The second-order valence-corrected chi connectivity index (χ2v) is 6.59. The summed E-state index contributed by atoms with van der Waals surface area (Å²) in [4.78, 5) is 13.1. The molecule has 0 bridgehead atoms. The summed E-state index contributed by atoms with van der Waals surface area (Å²) in [5.74, 6) is -2.26. The number of carbonyl (C=O) groups is 1. The Labute approximate surface area is 152 Å². The quantitative estimate of drug-likeness (QED) is 0.675. The highest BCUT2D eigenvalue weighted by Crippen LogP contribution is 2.51. The van der Waals surface area contributed by atoms with Crippen LogP contribution in [-0.4, -0.2) is 18.8 Å². The number of alkyl halides is 3. The van der Waals surface area contributed by atoms with Crippen LogP contribution in [-0.2, 0) is 9.53 Å². The van der Waals surface area contributed by atoms with Crippen LogP contribution in [0, 0.1) is 0 Å². The van der Waals surface area contributed by atoms with E-state index in [2.05, 4.69) is 0 Å². The highest BCUT2D eigenvalue weighted by atomic mass is 32.2. The van der Waals surface area contributed by atoms with Gasteiger partial charge in [0.2, 0.25) is 5.76 Å². The van der Waals surface area contributed by atoms with Crippen molar-refractivity contribution in [3.05, 3.63) is 71.5 Å². The van der Waals surface area contributed by atoms with Gasteiger partial charge in [-0.1, -0.05) is 36.4 Å². The topological polar surface area (TPSA) is 35.5 Å². The van der Waals surface area contributed by atoms with E-state index in [1.165, 1.54) is 6.07 Å². The molecule has 26 heavy (non-hydrogen) atoms. The van der Waals surface area contributed by atoms with Crippen LogP contribution in [0.1, 0.15) is 17.7 Å². The maximum absolute atomic E-state index is 13.6. The third-order valence-electron chi connectivity index (χ3n) is 3.67. The van der Waals surface area contributed by atoms with Crippen molar-refractivity contribution in [1.29, 1.82) is 0 Å². The lowest BCUT2D eigenvalue weighted by atomic mass is 9.99. The number of para-hydroxylation sites is 1. The molecule has 3 rings (SSSR count). The van der Waals surface area contributed by atoms with Crippen LogP contribution in [0.15, 0.2) is 70.8 Å². The summed E-state index contributed by atoms with van der Waals surface area (Å²) in [6, 6.07) is 15.3. The van der Waals surface area contributed by atoms with E-state index in [0.29, 0.717) is 5.56 Å². The largest absolute Gasteiger partial charge is 0.462 e. The average molecular weight is 380 g/mol. The summed E-state index contributed by atoms with van der Waals surface area (Å²) < 4.78 is 50.8. The molecule has 136 valence electrons. The number of rotatable bonds is 4. The lowest BCUT2D eigenvalue weighted by Crippen LogP contribution is -2.29. The van der Waals surface area contributed by atoms with E-state index in [1.807, 2.05) is 6.07 Å². The molecule has 0 aliphatic carbocycles. The van der Waals surface area contributed by atoms with Gasteiger partial charge in [-0.2, -0.15) is 13.2 Å². The number of fused-ring (bicyclic) bond motifs is 1. The minimum Gasteiger partial charge on any atom is -0.462 e. The maximum atomic E-state index is 13.6. The van der Waals surface area contributed by atoms with Crippen molar-refractivity contribution in [3.8, 4) is 5.75 Å². The summed E-state index contributed by atoms with van der Waals surface area (Å²) in [6.45, 7) is 1.51. The predicted octanol–water partition coefficient (Wildman–Crippen LogP) is 5.29. The van der Waals surface area contributed by atoms with Crippen molar-refractivity contribution >= 4 is 17.7 Å². The van der Waals surface area contributed by atoms with Crippen LogP contribution < -0.4 is 4.74 Å². The van der Waals surface area contributed by atoms with Gasteiger partial charge in [0.15, 0.2) is 0 Å². The second kappa shape index (κ2) is 7.45. The Hall–Kier alpha value is -2.41. The van der Waals surface area contributed by atoms with E-state index in [1.54, 1.807) is 49.4 Å². The average Bonchev–Trinajstić information content (AvgIpc) is 2.61. The van der Waals surface area contributed by atoms with Gasteiger partial charge < -0.3 is 9.47 Å². The van der Waals surface area contributed by atoms with Gasteiger partial charge in [-0.15, -0.1) is 11.8 Å². The van der Waals surface area contributed by atoms with E-state index in [-0.39, 0.29) is 12.4 Å². The van der Waals surface area contributed by atoms with E-state index in [9.17, 15) is 18.0 Å². The number of ether oxygens (including phenoxy) is 2. The first kappa shape index (κ1) is 18.4. The van der Waals surface area contributed by atoms with E-state index >= 15 is 0 Å². The molecule has 0 radical (unpaired) electrons. The monoisotopic (exact) mass is 380 g/mol. The summed E-state index contributed by atoms with van der Waals surface area (Å²) in [5, 5.41) is -0.891. The third kappa shape index (κ3) is 3.72. The molecule has 0 spiro atoms. The van der Waals surface area contributed by atoms with Crippen molar-refractivity contribution < 1.29 is 27.4 Å². The number of thioether (sulfide) groups is 1. The molecule has 0 N–H and O–H groups in total. The SMILES string of the molecule is CCOC(=O)C1=C(C(F)(F)F)Oc2ccccc2C1Sc1ccccc1.